The van der Waals surface area contributed by atoms with Crippen LogP contribution >= 0.6 is 11.3 Å². The molecule has 3 heterocycles. The molecule has 1 aliphatic heterocycles. The predicted octanol–water partition coefficient (Wildman–Crippen LogP) is 4.17. The predicted molar refractivity (Wildman–Crippen MR) is 111 cm³/mol. The van der Waals surface area contributed by atoms with E-state index in [-0.39, 0.29) is 5.91 Å². The van der Waals surface area contributed by atoms with Gasteiger partial charge in [-0.15, -0.1) is 11.3 Å². The highest BCUT2D eigenvalue weighted by Gasteiger charge is 2.24. The SMILES string of the molecule is Cc1ccnc2sc(C(=O)NC[C@H]3CCN(Cc4ccccc4)C3)c(C)c12. The number of nitrogens with zero attached hydrogens (tertiary/aromatic N) is 2. The Morgan fingerprint density at radius 3 is 2.85 bits per heavy atom. The number of amides is 1. The number of thiophene rings is 1. The Morgan fingerprint density at radius 2 is 2.07 bits per heavy atom. The third-order valence-electron chi connectivity index (χ3n) is 5.42. The number of aromatic nitrogens is 1. The molecule has 1 aromatic carbocycles. The Balaban J connectivity index is 1.35. The third-order valence-corrected chi connectivity index (χ3v) is 6.61. The van der Waals surface area contributed by atoms with Gasteiger partial charge in [0, 0.05) is 31.2 Å². The van der Waals surface area contributed by atoms with Gasteiger partial charge in [-0.05, 0) is 55.5 Å². The summed E-state index contributed by atoms with van der Waals surface area (Å²) >= 11 is 1.50. The highest BCUT2D eigenvalue weighted by molar-refractivity contribution is 7.20. The molecule has 0 bridgehead atoms. The van der Waals surface area contributed by atoms with Crippen molar-refractivity contribution in [1.82, 2.24) is 15.2 Å². The van der Waals surface area contributed by atoms with Crippen LogP contribution in [0.1, 0.15) is 32.8 Å². The number of benzene rings is 1. The maximum absolute atomic E-state index is 12.7. The number of likely N-dealkylation sites (tertiary alicyclic amines) is 1. The second-order valence-corrected chi connectivity index (χ2v) is 8.45. The standard InChI is InChI=1S/C22H25N3OS/c1-15-8-10-23-22-19(15)16(2)20(27-22)21(26)24-12-18-9-11-25(14-18)13-17-6-4-3-5-7-17/h3-8,10,18H,9,11-14H2,1-2H3,(H,24,26)/t18-/m1/s1. The van der Waals surface area contributed by atoms with Crippen LogP contribution < -0.4 is 5.32 Å². The van der Waals surface area contributed by atoms with Crippen LogP contribution in [0, 0.1) is 19.8 Å². The van der Waals surface area contributed by atoms with Gasteiger partial charge < -0.3 is 5.32 Å². The van der Waals surface area contributed by atoms with Gasteiger partial charge in [-0.3, -0.25) is 9.69 Å². The molecule has 0 saturated carbocycles. The maximum atomic E-state index is 12.7. The number of hydrogen-bond donors (Lipinski definition) is 1. The van der Waals surface area contributed by atoms with Crippen molar-refractivity contribution in [3.05, 3.63) is 64.2 Å². The van der Waals surface area contributed by atoms with Gasteiger partial charge in [0.1, 0.15) is 4.83 Å². The lowest BCUT2D eigenvalue weighted by Gasteiger charge is -2.16. The van der Waals surface area contributed by atoms with E-state index in [0.29, 0.717) is 5.92 Å². The second kappa shape index (κ2) is 7.79. The molecule has 0 spiro atoms. The van der Waals surface area contributed by atoms with Gasteiger partial charge in [0.05, 0.1) is 4.88 Å². The summed E-state index contributed by atoms with van der Waals surface area (Å²) in [6.07, 6.45) is 2.95. The summed E-state index contributed by atoms with van der Waals surface area (Å²) in [5.74, 6) is 0.559. The highest BCUT2D eigenvalue weighted by atomic mass is 32.1. The van der Waals surface area contributed by atoms with Gasteiger partial charge in [0.2, 0.25) is 0 Å². The van der Waals surface area contributed by atoms with Crippen molar-refractivity contribution in [2.45, 2.75) is 26.8 Å². The number of carbonyl (C=O) groups excluding carboxylic acids is 1. The molecule has 1 saturated heterocycles. The first-order valence-electron chi connectivity index (χ1n) is 9.51. The third kappa shape index (κ3) is 3.89. The first kappa shape index (κ1) is 18.1. The first-order chi connectivity index (χ1) is 13.1. The normalized spacial score (nSPS) is 17.5. The Morgan fingerprint density at radius 1 is 1.26 bits per heavy atom. The van der Waals surface area contributed by atoms with Crippen molar-refractivity contribution < 1.29 is 4.79 Å². The van der Waals surface area contributed by atoms with E-state index < -0.39 is 0 Å². The zero-order chi connectivity index (χ0) is 18.8. The average Bonchev–Trinajstić information content (AvgIpc) is 3.26. The molecule has 1 aliphatic rings. The van der Waals surface area contributed by atoms with E-state index in [1.807, 2.05) is 19.2 Å². The molecule has 27 heavy (non-hydrogen) atoms. The summed E-state index contributed by atoms with van der Waals surface area (Å²) in [7, 11) is 0. The average molecular weight is 380 g/mol. The van der Waals surface area contributed by atoms with Gasteiger partial charge >= 0.3 is 0 Å². The van der Waals surface area contributed by atoms with Crippen molar-refractivity contribution >= 4 is 27.5 Å². The van der Waals surface area contributed by atoms with Crippen molar-refractivity contribution in [3.63, 3.8) is 0 Å². The number of hydrogen-bond acceptors (Lipinski definition) is 4. The van der Waals surface area contributed by atoms with Gasteiger partial charge in [-0.1, -0.05) is 30.3 Å². The van der Waals surface area contributed by atoms with Crippen LogP contribution in [0.15, 0.2) is 42.6 Å². The number of aryl methyl sites for hydroxylation is 2. The molecule has 0 unspecified atom stereocenters. The number of carbonyl (C=O) groups is 1. The van der Waals surface area contributed by atoms with Crippen molar-refractivity contribution in [2.75, 3.05) is 19.6 Å². The molecule has 1 amide bonds. The van der Waals surface area contributed by atoms with Gasteiger partial charge in [0.15, 0.2) is 0 Å². The lowest BCUT2D eigenvalue weighted by atomic mass is 10.1. The monoisotopic (exact) mass is 379 g/mol. The van der Waals surface area contributed by atoms with Crippen LogP contribution in [0.3, 0.4) is 0 Å². The first-order valence-corrected chi connectivity index (χ1v) is 10.3. The largest absolute Gasteiger partial charge is 0.351 e. The molecule has 140 valence electrons. The van der Waals surface area contributed by atoms with Crippen molar-refractivity contribution in [1.29, 1.82) is 0 Å². The minimum Gasteiger partial charge on any atom is -0.351 e. The summed E-state index contributed by atoms with van der Waals surface area (Å²) < 4.78 is 0. The molecule has 4 rings (SSSR count). The smallest absolute Gasteiger partial charge is 0.261 e. The molecule has 1 N–H and O–H groups in total. The lowest BCUT2D eigenvalue weighted by Crippen LogP contribution is -2.30. The maximum Gasteiger partial charge on any atom is 0.261 e. The van der Waals surface area contributed by atoms with Crippen LogP contribution in [-0.2, 0) is 6.54 Å². The van der Waals surface area contributed by atoms with E-state index in [2.05, 4.69) is 52.5 Å². The Labute approximate surface area is 164 Å². The fourth-order valence-corrected chi connectivity index (χ4v) is 5.10. The molecule has 1 fully saturated rings. The number of rotatable bonds is 5. The lowest BCUT2D eigenvalue weighted by molar-refractivity contribution is 0.0951. The fourth-order valence-electron chi connectivity index (χ4n) is 3.95. The van der Waals surface area contributed by atoms with E-state index in [4.69, 9.17) is 0 Å². The van der Waals surface area contributed by atoms with E-state index in [9.17, 15) is 4.79 Å². The van der Waals surface area contributed by atoms with E-state index in [1.165, 1.54) is 22.5 Å². The summed E-state index contributed by atoms with van der Waals surface area (Å²) in [6.45, 7) is 7.97. The zero-order valence-corrected chi connectivity index (χ0v) is 16.7. The van der Waals surface area contributed by atoms with Crippen LogP contribution in [0.4, 0.5) is 0 Å². The van der Waals surface area contributed by atoms with E-state index in [0.717, 1.165) is 53.3 Å². The molecular formula is C22H25N3OS. The quantitative estimate of drug-likeness (QED) is 0.724. The highest BCUT2D eigenvalue weighted by Crippen LogP contribution is 2.31. The number of nitrogens with one attached hydrogen (secondary N) is 1. The van der Waals surface area contributed by atoms with Crippen LogP contribution in [-0.4, -0.2) is 35.4 Å². The molecule has 0 radical (unpaired) electrons. The Bertz CT molecular complexity index is 951. The van der Waals surface area contributed by atoms with Gasteiger partial charge in [0.25, 0.3) is 5.91 Å². The van der Waals surface area contributed by atoms with Crippen LogP contribution in [0.5, 0.6) is 0 Å². The molecule has 4 nitrogen and oxygen atoms in total. The number of pyridine rings is 1. The van der Waals surface area contributed by atoms with E-state index >= 15 is 0 Å². The van der Waals surface area contributed by atoms with E-state index in [1.54, 1.807) is 0 Å². The molecule has 5 heteroatoms. The number of fused-ring (bicyclic) bond motifs is 1. The second-order valence-electron chi connectivity index (χ2n) is 7.45. The van der Waals surface area contributed by atoms with Crippen LogP contribution in [0.25, 0.3) is 10.2 Å². The topological polar surface area (TPSA) is 45.2 Å². The summed E-state index contributed by atoms with van der Waals surface area (Å²) in [5, 5.41) is 4.29. The van der Waals surface area contributed by atoms with Gasteiger partial charge in [-0.25, -0.2) is 4.98 Å². The minimum atomic E-state index is 0.0383. The molecule has 0 aliphatic carbocycles. The Hall–Kier alpha value is -2.24. The van der Waals surface area contributed by atoms with Gasteiger partial charge in [-0.2, -0.15) is 0 Å². The summed E-state index contributed by atoms with van der Waals surface area (Å²) in [5.41, 5.74) is 3.58. The summed E-state index contributed by atoms with van der Waals surface area (Å²) in [6, 6.07) is 12.6. The molecular weight excluding hydrogens is 354 g/mol. The zero-order valence-electron chi connectivity index (χ0n) is 15.9. The molecule has 2 aromatic heterocycles. The molecule has 3 aromatic rings. The minimum absolute atomic E-state index is 0.0383. The van der Waals surface area contributed by atoms with Crippen molar-refractivity contribution in [3.8, 4) is 0 Å². The van der Waals surface area contributed by atoms with Crippen LogP contribution in [0.2, 0.25) is 0 Å². The summed E-state index contributed by atoms with van der Waals surface area (Å²) in [4.78, 5) is 21.4. The van der Waals surface area contributed by atoms with Crippen molar-refractivity contribution in [2.24, 2.45) is 5.92 Å². The molecule has 1 atom stereocenters. The Kier molecular flexibility index (Phi) is 5.23. The fraction of sp³-hybridized carbons (Fsp3) is 0.364.